The van der Waals surface area contributed by atoms with E-state index in [-0.39, 0.29) is 23.6 Å². The van der Waals surface area contributed by atoms with Crippen molar-refractivity contribution in [3.05, 3.63) is 35.6 Å². The smallest absolute Gasteiger partial charge is 0.223 e. The first-order valence-corrected chi connectivity index (χ1v) is 7.71. The Hall–Kier alpha value is -1.38. The van der Waals surface area contributed by atoms with E-state index in [9.17, 15) is 9.18 Å². The molecule has 3 rings (SSSR count). The van der Waals surface area contributed by atoms with E-state index in [1.807, 2.05) is 6.07 Å². The van der Waals surface area contributed by atoms with Crippen LogP contribution in [0.1, 0.15) is 50.5 Å². The van der Waals surface area contributed by atoms with Crippen molar-refractivity contribution in [1.82, 2.24) is 5.32 Å². The second-order valence-corrected chi connectivity index (χ2v) is 6.35. The summed E-state index contributed by atoms with van der Waals surface area (Å²) in [6.45, 7) is 2.21. The minimum Gasteiger partial charge on any atom is -0.353 e. The third-order valence-electron chi connectivity index (χ3n) is 4.87. The number of nitrogens with one attached hydrogen (secondary N) is 1. The molecule has 0 bridgehead atoms. The van der Waals surface area contributed by atoms with Crippen LogP contribution in [0.3, 0.4) is 0 Å². The van der Waals surface area contributed by atoms with E-state index in [1.165, 1.54) is 25.3 Å². The summed E-state index contributed by atoms with van der Waals surface area (Å²) in [5, 5.41) is 3.19. The van der Waals surface area contributed by atoms with E-state index >= 15 is 0 Å². The largest absolute Gasteiger partial charge is 0.353 e. The van der Waals surface area contributed by atoms with Gasteiger partial charge >= 0.3 is 0 Å². The summed E-state index contributed by atoms with van der Waals surface area (Å²) in [4.78, 5) is 12.3. The van der Waals surface area contributed by atoms with E-state index in [0.29, 0.717) is 17.5 Å². The van der Waals surface area contributed by atoms with Crippen molar-refractivity contribution in [3.8, 4) is 0 Å². The topological polar surface area (TPSA) is 29.1 Å². The van der Waals surface area contributed by atoms with Crippen LogP contribution in [0.5, 0.6) is 0 Å². The number of amides is 1. The Bertz CT molecular complexity index is 502. The van der Waals surface area contributed by atoms with Gasteiger partial charge in [-0.05, 0) is 42.7 Å². The summed E-state index contributed by atoms with van der Waals surface area (Å²) in [5.41, 5.74) is 0.698. The molecule has 2 aliphatic rings. The molecule has 1 N–H and O–H groups in total. The minimum absolute atomic E-state index is 0.0268. The highest BCUT2D eigenvalue weighted by Crippen LogP contribution is 2.48. The standard InChI is InChI=1S/C17H22FNO/c1-11-6-2-5-9-16(11)19-17(20)14-10-13(14)12-7-3-4-8-15(12)18/h3-4,7-8,11,13-14,16H,2,5-6,9-10H2,1H3,(H,19,20). The average molecular weight is 275 g/mol. The molecule has 2 saturated carbocycles. The molecule has 1 amide bonds. The van der Waals surface area contributed by atoms with Crippen LogP contribution in [-0.4, -0.2) is 11.9 Å². The van der Waals surface area contributed by atoms with Gasteiger partial charge in [-0.25, -0.2) is 4.39 Å². The Morgan fingerprint density at radius 2 is 2.00 bits per heavy atom. The molecule has 1 aromatic carbocycles. The fourth-order valence-corrected chi connectivity index (χ4v) is 3.42. The third-order valence-corrected chi connectivity index (χ3v) is 4.87. The van der Waals surface area contributed by atoms with Gasteiger partial charge in [-0.1, -0.05) is 38.0 Å². The van der Waals surface area contributed by atoms with E-state index in [4.69, 9.17) is 0 Å². The maximum Gasteiger partial charge on any atom is 0.223 e. The molecule has 0 radical (unpaired) electrons. The van der Waals surface area contributed by atoms with Crippen molar-refractivity contribution in [3.63, 3.8) is 0 Å². The number of halogens is 1. The van der Waals surface area contributed by atoms with Gasteiger partial charge in [-0.15, -0.1) is 0 Å². The maximum absolute atomic E-state index is 13.7. The number of carbonyl (C=O) groups is 1. The minimum atomic E-state index is -0.182. The van der Waals surface area contributed by atoms with E-state index in [2.05, 4.69) is 12.2 Å². The molecule has 3 heteroatoms. The molecule has 2 nitrogen and oxygen atoms in total. The van der Waals surface area contributed by atoms with Gasteiger partial charge in [0.1, 0.15) is 5.82 Å². The SMILES string of the molecule is CC1CCCCC1NC(=O)C1CC1c1ccccc1F. The summed E-state index contributed by atoms with van der Waals surface area (Å²) in [6.07, 6.45) is 5.55. The first-order chi connectivity index (χ1) is 9.66. The van der Waals surface area contributed by atoms with Crippen LogP contribution in [0.4, 0.5) is 4.39 Å². The predicted molar refractivity (Wildman–Crippen MR) is 76.8 cm³/mol. The van der Waals surface area contributed by atoms with Gasteiger partial charge in [-0.2, -0.15) is 0 Å². The van der Waals surface area contributed by atoms with Gasteiger partial charge in [0.25, 0.3) is 0 Å². The van der Waals surface area contributed by atoms with Crippen LogP contribution < -0.4 is 5.32 Å². The average Bonchev–Trinajstić information content (AvgIpc) is 3.22. The Kier molecular flexibility index (Phi) is 3.77. The zero-order chi connectivity index (χ0) is 14.1. The summed E-state index contributed by atoms with van der Waals surface area (Å²) >= 11 is 0. The summed E-state index contributed by atoms with van der Waals surface area (Å²) in [6, 6.07) is 7.13. The van der Waals surface area contributed by atoms with Crippen LogP contribution in [0, 0.1) is 17.7 Å². The lowest BCUT2D eigenvalue weighted by Gasteiger charge is -2.29. The number of benzene rings is 1. The molecule has 4 unspecified atom stereocenters. The highest BCUT2D eigenvalue weighted by atomic mass is 19.1. The molecule has 2 fully saturated rings. The van der Waals surface area contributed by atoms with E-state index in [0.717, 1.165) is 12.8 Å². The van der Waals surface area contributed by atoms with Gasteiger partial charge in [-0.3, -0.25) is 4.79 Å². The zero-order valence-electron chi connectivity index (χ0n) is 11.9. The van der Waals surface area contributed by atoms with Gasteiger partial charge in [0.15, 0.2) is 0 Å². The normalized spacial score (nSPS) is 32.7. The van der Waals surface area contributed by atoms with E-state index in [1.54, 1.807) is 12.1 Å². The fraction of sp³-hybridized carbons (Fsp3) is 0.588. The summed E-state index contributed by atoms with van der Waals surface area (Å²) in [5.74, 6) is 0.560. The van der Waals surface area contributed by atoms with Gasteiger partial charge in [0.2, 0.25) is 5.91 Å². The molecule has 108 valence electrons. The highest BCUT2D eigenvalue weighted by molar-refractivity contribution is 5.83. The second-order valence-electron chi connectivity index (χ2n) is 6.35. The quantitative estimate of drug-likeness (QED) is 0.896. The zero-order valence-corrected chi connectivity index (χ0v) is 11.9. The molecular formula is C17H22FNO. The second kappa shape index (κ2) is 5.55. The number of hydrogen-bond donors (Lipinski definition) is 1. The van der Waals surface area contributed by atoms with Gasteiger partial charge < -0.3 is 5.32 Å². The lowest BCUT2D eigenvalue weighted by molar-refractivity contribution is -0.123. The van der Waals surface area contributed by atoms with Crippen LogP contribution in [0.2, 0.25) is 0 Å². The van der Waals surface area contributed by atoms with Crippen molar-refractivity contribution in [2.24, 2.45) is 11.8 Å². The first kappa shape index (κ1) is 13.6. The molecule has 0 aliphatic heterocycles. The number of rotatable bonds is 3. The summed E-state index contributed by atoms with van der Waals surface area (Å²) in [7, 11) is 0. The molecule has 4 atom stereocenters. The molecule has 0 saturated heterocycles. The number of hydrogen-bond acceptors (Lipinski definition) is 1. The van der Waals surface area contributed by atoms with Crippen LogP contribution >= 0.6 is 0 Å². The monoisotopic (exact) mass is 275 g/mol. The van der Waals surface area contributed by atoms with Crippen molar-refractivity contribution in [2.75, 3.05) is 0 Å². The van der Waals surface area contributed by atoms with Crippen LogP contribution in [-0.2, 0) is 4.79 Å². The lowest BCUT2D eigenvalue weighted by Crippen LogP contribution is -2.41. The van der Waals surface area contributed by atoms with Gasteiger partial charge in [0, 0.05) is 12.0 Å². The first-order valence-electron chi connectivity index (χ1n) is 7.71. The van der Waals surface area contributed by atoms with Crippen molar-refractivity contribution >= 4 is 5.91 Å². The molecule has 1 aromatic rings. The molecule has 0 heterocycles. The molecular weight excluding hydrogens is 253 g/mol. The van der Waals surface area contributed by atoms with Gasteiger partial charge in [0.05, 0.1) is 0 Å². The maximum atomic E-state index is 13.7. The highest BCUT2D eigenvalue weighted by Gasteiger charge is 2.45. The molecule has 2 aliphatic carbocycles. The Morgan fingerprint density at radius 3 is 2.75 bits per heavy atom. The van der Waals surface area contributed by atoms with Crippen LogP contribution in [0.15, 0.2) is 24.3 Å². The van der Waals surface area contributed by atoms with Crippen LogP contribution in [0.25, 0.3) is 0 Å². The van der Waals surface area contributed by atoms with Crippen molar-refractivity contribution in [2.45, 2.75) is 51.0 Å². The Labute approximate surface area is 119 Å². The number of carbonyl (C=O) groups excluding carboxylic acids is 1. The third kappa shape index (κ3) is 2.72. The molecule has 0 aromatic heterocycles. The van der Waals surface area contributed by atoms with Crippen molar-refractivity contribution < 1.29 is 9.18 Å². The fourth-order valence-electron chi connectivity index (χ4n) is 3.42. The van der Waals surface area contributed by atoms with E-state index < -0.39 is 0 Å². The Morgan fingerprint density at radius 1 is 1.25 bits per heavy atom. The predicted octanol–water partition coefficient (Wildman–Crippen LogP) is 3.62. The van der Waals surface area contributed by atoms with Crippen molar-refractivity contribution in [1.29, 1.82) is 0 Å². The molecule has 0 spiro atoms. The summed E-state index contributed by atoms with van der Waals surface area (Å²) < 4.78 is 13.7. The Balaban J connectivity index is 1.59. The molecule has 20 heavy (non-hydrogen) atoms. The lowest BCUT2D eigenvalue weighted by atomic mass is 9.86.